The van der Waals surface area contributed by atoms with Crippen LogP contribution < -0.4 is 0 Å². The van der Waals surface area contributed by atoms with Gasteiger partial charge in [0, 0.05) is 18.0 Å². The number of aliphatic hydroxyl groups is 1. The molecule has 1 unspecified atom stereocenters. The highest BCUT2D eigenvalue weighted by atomic mass is 35.5. The molecule has 2 N–H and O–H groups in total. The topological polar surface area (TPSA) is 94.9 Å². The van der Waals surface area contributed by atoms with Gasteiger partial charge in [0.05, 0.1) is 11.0 Å². The summed E-state index contributed by atoms with van der Waals surface area (Å²) < 4.78 is 25.9. The molecular weight excluding hydrogens is 306 g/mol. The number of aliphatic hydroxyl groups excluding tert-OH is 1. The molecule has 1 aromatic rings. The third-order valence-corrected chi connectivity index (χ3v) is 5.62. The molecule has 0 bridgehead atoms. The molecule has 0 spiro atoms. The van der Waals surface area contributed by atoms with E-state index >= 15 is 0 Å². The molecule has 1 heterocycles. The Balaban J connectivity index is 2.51. The Bertz CT molecular complexity index is 647. The zero-order valence-electron chi connectivity index (χ0n) is 10.7. The molecular formula is C12H14ClNO5S. The van der Waals surface area contributed by atoms with Gasteiger partial charge in [-0.3, -0.25) is 4.79 Å². The number of hydrogen-bond acceptors (Lipinski definition) is 4. The SMILES string of the molecule is CC1(C(=O)O)C[C@@H](O)CN1S(=O)(=O)c1cccc(Cl)c1. The van der Waals surface area contributed by atoms with Crippen LogP contribution in [0.4, 0.5) is 0 Å². The Hall–Kier alpha value is -1.15. The maximum absolute atomic E-state index is 12.5. The molecule has 1 aliphatic rings. The number of hydrogen-bond donors (Lipinski definition) is 2. The summed E-state index contributed by atoms with van der Waals surface area (Å²) >= 11 is 5.77. The first-order valence-electron chi connectivity index (χ1n) is 5.88. The second-order valence-electron chi connectivity index (χ2n) is 4.93. The molecule has 1 aromatic carbocycles. The minimum Gasteiger partial charge on any atom is -0.480 e. The number of halogens is 1. The van der Waals surface area contributed by atoms with Gasteiger partial charge in [-0.2, -0.15) is 4.31 Å². The normalized spacial score (nSPS) is 27.6. The lowest BCUT2D eigenvalue weighted by molar-refractivity contribution is -0.146. The van der Waals surface area contributed by atoms with Crippen molar-refractivity contribution in [2.24, 2.45) is 0 Å². The minimum atomic E-state index is -4.04. The van der Waals surface area contributed by atoms with Crippen molar-refractivity contribution in [2.75, 3.05) is 6.54 Å². The number of benzene rings is 1. The van der Waals surface area contributed by atoms with Gasteiger partial charge in [0.2, 0.25) is 10.0 Å². The average molecular weight is 320 g/mol. The highest BCUT2D eigenvalue weighted by molar-refractivity contribution is 7.89. The molecule has 2 atom stereocenters. The van der Waals surface area contributed by atoms with Gasteiger partial charge < -0.3 is 10.2 Å². The second-order valence-corrected chi connectivity index (χ2v) is 7.23. The summed E-state index contributed by atoms with van der Waals surface area (Å²) in [7, 11) is -4.04. The van der Waals surface area contributed by atoms with E-state index in [1.807, 2.05) is 0 Å². The van der Waals surface area contributed by atoms with Crippen LogP contribution in [0.5, 0.6) is 0 Å². The molecule has 0 radical (unpaired) electrons. The lowest BCUT2D eigenvalue weighted by Crippen LogP contribution is -2.50. The van der Waals surface area contributed by atoms with Gasteiger partial charge >= 0.3 is 5.97 Å². The highest BCUT2D eigenvalue weighted by Crippen LogP contribution is 2.35. The maximum Gasteiger partial charge on any atom is 0.324 e. The van der Waals surface area contributed by atoms with E-state index in [2.05, 4.69) is 0 Å². The molecule has 0 amide bonds. The number of rotatable bonds is 3. The molecule has 110 valence electrons. The van der Waals surface area contributed by atoms with Crippen molar-refractivity contribution in [1.82, 2.24) is 4.31 Å². The maximum atomic E-state index is 12.5. The first-order chi connectivity index (χ1) is 9.18. The number of carboxylic acids is 1. The minimum absolute atomic E-state index is 0.0911. The summed E-state index contributed by atoms with van der Waals surface area (Å²) in [6.07, 6.45) is -1.16. The summed E-state index contributed by atoms with van der Waals surface area (Å²) in [5.41, 5.74) is -1.67. The van der Waals surface area contributed by atoms with Crippen LogP contribution in [-0.4, -0.2) is 47.1 Å². The monoisotopic (exact) mass is 319 g/mol. The molecule has 0 aromatic heterocycles. The summed E-state index contributed by atoms with van der Waals surface area (Å²) in [6.45, 7) is 1.03. The van der Waals surface area contributed by atoms with Crippen LogP contribution in [0.1, 0.15) is 13.3 Å². The fraction of sp³-hybridized carbons (Fsp3) is 0.417. The van der Waals surface area contributed by atoms with Gasteiger partial charge in [0.1, 0.15) is 5.54 Å². The Labute approximate surface area is 121 Å². The van der Waals surface area contributed by atoms with Crippen molar-refractivity contribution < 1.29 is 23.4 Å². The van der Waals surface area contributed by atoms with E-state index in [9.17, 15) is 23.4 Å². The van der Waals surface area contributed by atoms with E-state index in [0.717, 1.165) is 4.31 Å². The van der Waals surface area contributed by atoms with Gasteiger partial charge in [-0.05, 0) is 25.1 Å². The summed E-state index contributed by atoms with van der Waals surface area (Å²) in [4.78, 5) is 11.3. The van der Waals surface area contributed by atoms with Crippen molar-refractivity contribution in [3.05, 3.63) is 29.3 Å². The van der Waals surface area contributed by atoms with E-state index in [1.54, 1.807) is 0 Å². The number of nitrogens with zero attached hydrogens (tertiary/aromatic N) is 1. The third-order valence-electron chi connectivity index (χ3n) is 3.40. The van der Waals surface area contributed by atoms with Crippen LogP contribution in [0, 0.1) is 0 Å². The van der Waals surface area contributed by atoms with Crippen LogP contribution in [0.25, 0.3) is 0 Å². The van der Waals surface area contributed by atoms with Gasteiger partial charge in [0.15, 0.2) is 0 Å². The second kappa shape index (κ2) is 5.00. The number of β-amino-alcohol motifs (C(OH)–C–C–N with tert-alkyl or cyclic N) is 1. The van der Waals surface area contributed by atoms with Crippen LogP contribution in [0.2, 0.25) is 5.02 Å². The van der Waals surface area contributed by atoms with Crippen LogP contribution in [-0.2, 0) is 14.8 Å². The van der Waals surface area contributed by atoms with Crippen molar-refractivity contribution in [1.29, 1.82) is 0 Å². The smallest absolute Gasteiger partial charge is 0.324 e. The fourth-order valence-corrected chi connectivity index (χ4v) is 4.42. The molecule has 20 heavy (non-hydrogen) atoms. The predicted octanol–water partition coefficient (Wildman–Crippen LogP) is 0.939. The Morgan fingerprint density at radius 2 is 2.15 bits per heavy atom. The van der Waals surface area contributed by atoms with E-state index < -0.39 is 27.6 Å². The Kier molecular flexibility index (Phi) is 3.81. The number of sulfonamides is 1. The summed E-state index contributed by atoms with van der Waals surface area (Å²) in [5, 5.41) is 19.2. The number of carboxylic acid groups (broad SMARTS) is 1. The van der Waals surface area contributed by atoms with E-state index in [1.165, 1.54) is 31.2 Å². The van der Waals surface area contributed by atoms with E-state index in [-0.39, 0.29) is 22.9 Å². The van der Waals surface area contributed by atoms with E-state index in [0.29, 0.717) is 0 Å². The van der Waals surface area contributed by atoms with Crippen LogP contribution >= 0.6 is 11.6 Å². The number of aliphatic carboxylic acids is 1. The largest absolute Gasteiger partial charge is 0.480 e. The summed E-state index contributed by atoms with van der Waals surface area (Å²) in [6, 6.07) is 5.59. The van der Waals surface area contributed by atoms with Gasteiger partial charge in [-0.15, -0.1) is 0 Å². The molecule has 1 aliphatic heterocycles. The molecule has 1 fully saturated rings. The average Bonchev–Trinajstić information content (AvgIpc) is 2.67. The van der Waals surface area contributed by atoms with Crippen molar-refractivity contribution in [3.8, 4) is 0 Å². The zero-order valence-corrected chi connectivity index (χ0v) is 12.2. The lowest BCUT2D eigenvalue weighted by atomic mass is 10.0. The molecule has 0 aliphatic carbocycles. The van der Waals surface area contributed by atoms with Gasteiger partial charge in [-0.25, -0.2) is 8.42 Å². The fourth-order valence-electron chi connectivity index (χ4n) is 2.33. The molecule has 8 heteroatoms. The van der Waals surface area contributed by atoms with Gasteiger partial charge in [0.25, 0.3) is 0 Å². The Morgan fingerprint density at radius 3 is 2.70 bits per heavy atom. The number of carbonyl (C=O) groups is 1. The standard InChI is InChI=1S/C12H14ClNO5S/c1-12(11(16)17)6-9(15)7-14(12)20(18,19)10-4-2-3-8(13)5-10/h2-5,9,15H,6-7H2,1H3,(H,16,17)/t9-,12?/m1/s1. The van der Waals surface area contributed by atoms with Gasteiger partial charge in [-0.1, -0.05) is 17.7 Å². The van der Waals surface area contributed by atoms with Crippen molar-refractivity contribution in [2.45, 2.75) is 29.9 Å². The van der Waals surface area contributed by atoms with Crippen molar-refractivity contribution >= 4 is 27.6 Å². The lowest BCUT2D eigenvalue weighted by Gasteiger charge is -2.29. The van der Waals surface area contributed by atoms with Crippen LogP contribution in [0.15, 0.2) is 29.2 Å². The zero-order chi connectivity index (χ0) is 15.1. The third kappa shape index (κ3) is 2.42. The summed E-state index contributed by atoms with van der Waals surface area (Å²) in [5.74, 6) is -1.29. The highest BCUT2D eigenvalue weighted by Gasteiger charge is 2.53. The predicted molar refractivity (Wildman–Crippen MR) is 72.0 cm³/mol. The van der Waals surface area contributed by atoms with E-state index in [4.69, 9.17) is 11.6 Å². The van der Waals surface area contributed by atoms with Crippen molar-refractivity contribution in [3.63, 3.8) is 0 Å². The van der Waals surface area contributed by atoms with Crippen LogP contribution in [0.3, 0.4) is 0 Å². The first-order valence-corrected chi connectivity index (χ1v) is 7.69. The quantitative estimate of drug-likeness (QED) is 0.864. The Morgan fingerprint density at radius 1 is 1.50 bits per heavy atom. The first kappa shape index (κ1) is 15.2. The molecule has 1 saturated heterocycles. The molecule has 6 nitrogen and oxygen atoms in total. The molecule has 0 saturated carbocycles. The molecule has 2 rings (SSSR count).